The number of benzene rings is 3. The lowest BCUT2D eigenvalue weighted by Gasteiger charge is -2.21. The summed E-state index contributed by atoms with van der Waals surface area (Å²) in [6, 6.07) is 24.8. The molecule has 7 heteroatoms. The molecule has 1 atom stereocenters. The number of aryl methyl sites for hydroxylation is 1. The molecule has 1 fully saturated rings. The van der Waals surface area contributed by atoms with Gasteiger partial charge in [-0.25, -0.2) is 9.53 Å². The van der Waals surface area contributed by atoms with Crippen LogP contribution in [0.25, 0.3) is 10.5 Å². The van der Waals surface area contributed by atoms with Crippen LogP contribution in [0.3, 0.4) is 0 Å². The Morgan fingerprint density at radius 2 is 1.84 bits per heavy atom. The molecule has 1 heterocycles. The molecule has 1 unspecified atom stereocenters. The van der Waals surface area contributed by atoms with Crippen molar-refractivity contribution in [3.05, 3.63) is 113 Å². The van der Waals surface area contributed by atoms with E-state index in [1.807, 2.05) is 43.3 Å². The fourth-order valence-corrected chi connectivity index (χ4v) is 4.40. The second-order valence-corrected chi connectivity index (χ2v) is 9.36. The van der Waals surface area contributed by atoms with Gasteiger partial charge in [-0.15, -0.1) is 0 Å². The quantitative estimate of drug-likeness (QED) is 0.278. The van der Waals surface area contributed by atoms with Gasteiger partial charge in [0.1, 0.15) is 11.4 Å². The molecule has 2 N–H and O–H groups in total. The van der Waals surface area contributed by atoms with Gasteiger partial charge in [0.25, 0.3) is 5.91 Å². The number of ether oxygens (including phenoxy) is 1. The lowest BCUT2D eigenvalue weighted by Crippen LogP contribution is -2.25. The number of methoxy groups -OCH3 is 1. The van der Waals surface area contributed by atoms with Crippen molar-refractivity contribution in [1.29, 1.82) is 0 Å². The third kappa shape index (κ3) is 5.71. The van der Waals surface area contributed by atoms with E-state index in [2.05, 4.69) is 38.8 Å². The molecule has 7 nitrogen and oxygen atoms in total. The highest BCUT2D eigenvalue weighted by molar-refractivity contribution is 6.03. The third-order valence-corrected chi connectivity index (χ3v) is 6.48. The van der Waals surface area contributed by atoms with Crippen LogP contribution in [0.2, 0.25) is 0 Å². The Morgan fingerprint density at radius 3 is 2.59 bits per heavy atom. The van der Waals surface area contributed by atoms with Crippen molar-refractivity contribution < 1.29 is 9.53 Å². The molecule has 1 aromatic heterocycles. The van der Waals surface area contributed by atoms with E-state index < -0.39 is 0 Å². The number of carbonyl (C=O) groups is 1. The molecule has 0 saturated heterocycles. The minimum atomic E-state index is -0.269. The number of nitrogens with one attached hydrogen (secondary N) is 2. The minimum absolute atomic E-state index is 0.0308. The number of hydrogen-bond donors (Lipinski definition) is 2. The van der Waals surface area contributed by atoms with Crippen molar-refractivity contribution in [3.63, 3.8) is 0 Å². The van der Waals surface area contributed by atoms with E-state index in [9.17, 15) is 4.79 Å². The molecule has 0 spiro atoms. The summed E-state index contributed by atoms with van der Waals surface area (Å²) in [5.41, 5.74) is 5.15. The van der Waals surface area contributed by atoms with Crippen molar-refractivity contribution in [3.8, 4) is 11.4 Å². The van der Waals surface area contributed by atoms with Crippen LogP contribution >= 0.6 is 0 Å². The predicted octanol–water partition coefficient (Wildman–Crippen LogP) is 6.08. The molecule has 37 heavy (non-hydrogen) atoms. The summed E-state index contributed by atoms with van der Waals surface area (Å²) in [7, 11) is 1.67. The van der Waals surface area contributed by atoms with Crippen molar-refractivity contribution in [2.75, 3.05) is 19.0 Å². The summed E-state index contributed by atoms with van der Waals surface area (Å²) < 4.78 is 7.04. The molecule has 1 aliphatic carbocycles. The smallest absolute Gasteiger partial charge is 0.274 e. The van der Waals surface area contributed by atoms with Crippen LogP contribution in [0, 0.1) is 19.4 Å². The molecule has 0 bridgehead atoms. The molecule has 1 amide bonds. The van der Waals surface area contributed by atoms with Crippen molar-refractivity contribution in [2.45, 2.75) is 25.8 Å². The van der Waals surface area contributed by atoms with Gasteiger partial charge in [-0.2, -0.15) is 5.10 Å². The maximum Gasteiger partial charge on any atom is 0.274 e. The van der Waals surface area contributed by atoms with E-state index in [4.69, 9.17) is 11.3 Å². The summed E-state index contributed by atoms with van der Waals surface area (Å²) in [5.74, 6) is 1.27. The molecular formula is C30H29N5O2. The highest BCUT2D eigenvalue weighted by Crippen LogP contribution is 2.32. The average Bonchev–Trinajstić information content (AvgIpc) is 3.67. The highest BCUT2D eigenvalue weighted by Gasteiger charge is 2.24. The monoisotopic (exact) mass is 491 g/mol. The standard InChI is InChI=1S/C30H29N5O2/c1-20-15-28(35(34-20)26-11-6-9-24(18-26)31-2)30(36)33-25-10-4-7-22(16-25)29(32-19-21-13-14-21)23-8-5-12-27(17-23)37-3/h4-12,15-18,21,29,32H,13-14,19H2,1,3H3,(H,33,36). The summed E-state index contributed by atoms with van der Waals surface area (Å²) in [6.07, 6.45) is 2.53. The number of nitrogens with zero attached hydrogens (tertiary/aromatic N) is 3. The molecule has 5 rings (SSSR count). The van der Waals surface area contributed by atoms with Gasteiger partial charge >= 0.3 is 0 Å². The zero-order valence-corrected chi connectivity index (χ0v) is 20.9. The molecule has 0 radical (unpaired) electrons. The second-order valence-electron chi connectivity index (χ2n) is 9.36. The van der Waals surface area contributed by atoms with Gasteiger partial charge in [0.05, 0.1) is 31.1 Å². The van der Waals surface area contributed by atoms with E-state index in [1.165, 1.54) is 12.8 Å². The lowest BCUT2D eigenvalue weighted by atomic mass is 9.97. The molecular weight excluding hydrogens is 462 g/mol. The number of amides is 1. The van der Waals surface area contributed by atoms with Gasteiger partial charge in [0.2, 0.25) is 0 Å². The Balaban J connectivity index is 1.42. The molecule has 4 aromatic rings. The largest absolute Gasteiger partial charge is 0.497 e. The Labute approximate surface area is 216 Å². The lowest BCUT2D eigenvalue weighted by molar-refractivity contribution is 0.101. The van der Waals surface area contributed by atoms with E-state index in [0.717, 1.165) is 35.0 Å². The summed E-state index contributed by atoms with van der Waals surface area (Å²) in [6.45, 7) is 10.1. The highest BCUT2D eigenvalue weighted by atomic mass is 16.5. The average molecular weight is 492 g/mol. The Morgan fingerprint density at radius 1 is 1.08 bits per heavy atom. The van der Waals surface area contributed by atoms with Gasteiger partial charge in [-0.3, -0.25) is 4.79 Å². The minimum Gasteiger partial charge on any atom is -0.497 e. The fraction of sp³-hybridized carbons (Fsp3) is 0.233. The summed E-state index contributed by atoms with van der Waals surface area (Å²) in [4.78, 5) is 16.9. The van der Waals surface area contributed by atoms with E-state index in [0.29, 0.717) is 22.8 Å². The molecule has 186 valence electrons. The van der Waals surface area contributed by atoms with Gasteiger partial charge < -0.3 is 15.4 Å². The van der Waals surface area contributed by atoms with Gasteiger partial charge in [-0.1, -0.05) is 36.4 Å². The predicted molar refractivity (Wildman–Crippen MR) is 145 cm³/mol. The first-order valence-corrected chi connectivity index (χ1v) is 12.4. The summed E-state index contributed by atoms with van der Waals surface area (Å²) in [5, 5.41) is 11.3. The van der Waals surface area contributed by atoms with E-state index in [1.54, 1.807) is 36.1 Å². The van der Waals surface area contributed by atoms with Crippen LogP contribution in [-0.4, -0.2) is 29.3 Å². The molecule has 1 saturated carbocycles. The maximum absolute atomic E-state index is 13.4. The first kappa shape index (κ1) is 24.3. The Kier molecular flexibility index (Phi) is 7.02. The van der Waals surface area contributed by atoms with Crippen LogP contribution in [0.1, 0.15) is 46.2 Å². The fourth-order valence-electron chi connectivity index (χ4n) is 4.40. The van der Waals surface area contributed by atoms with Crippen LogP contribution in [-0.2, 0) is 0 Å². The zero-order valence-electron chi connectivity index (χ0n) is 20.9. The molecule has 0 aliphatic heterocycles. The second kappa shape index (κ2) is 10.7. The number of aromatic nitrogens is 2. The van der Waals surface area contributed by atoms with Crippen molar-refractivity contribution >= 4 is 17.3 Å². The number of hydrogen-bond acceptors (Lipinski definition) is 4. The topological polar surface area (TPSA) is 72.5 Å². The summed E-state index contributed by atoms with van der Waals surface area (Å²) >= 11 is 0. The first-order valence-electron chi connectivity index (χ1n) is 12.4. The number of anilines is 1. The van der Waals surface area contributed by atoms with Gasteiger partial charge in [-0.05, 0) is 85.8 Å². The van der Waals surface area contributed by atoms with Gasteiger partial charge in [0.15, 0.2) is 5.69 Å². The van der Waals surface area contributed by atoms with Crippen LogP contribution in [0.15, 0.2) is 78.9 Å². The van der Waals surface area contributed by atoms with Crippen LogP contribution < -0.4 is 15.4 Å². The normalized spacial score (nSPS) is 13.5. The van der Waals surface area contributed by atoms with Crippen LogP contribution in [0.4, 0.5) is 11.4 Å². The molecule has 3 aromatic carbocycles. The Hall–Kier alpha value is -4.41. The molecule has 1 aliphatic rings. The van der Waals surface area contributed by atoms with Gasteiger partial charge in [0, 0.05) is 5.69 Å². The number of carbonyl (C=O) groups excluding carboxylic acids is 1. The van der Waals surface area contributed by atoms with Crippen molar-refractivity contribution in [1.82, 2.24) is 15.1 Å². The number of rotatable bonds is 9. The van der Waals surface area contributed by atoms with E-state index in [-0.39, 0.29) is 11.9 Å². The first-order chi connectivity index (χ1) is 18.0. The SMILES string of the molecule is [C-]#[N+]c1cccc(-n2nc(C)cc2C(=O)Nc2cccc(C(NCC3CC3)c3cccc(OC)c3)c2)c1. The van der Waals surface area contributed by atoms with E-state index >= 15 is 0 Å². The van der Waals surface area contributed by atoms with Crippen molar-refractivity contribution in [2.24, 2.45) is 5.92 Å². The maximum atomic E-state index is 13.4. The van der Waals surface area contributed by atoms with Crippen LogP contribution in [0.5, 0.6) is 5.75 Å². The Bertz CT molecular complexity index is 1460. The third-order valence-electron chi connectivity index (χ3n) is 6.48. The zero-order chi connectivity index (χ0) is 25.8.